The Hall–Kier alpha value is -1.85. The highest BCUT2D eigenvalue weighted by Crippen LogP contribution is 1.60. The van der Waals surface area contributed by atoms with Crippen molar-refractivity contribution in [3.63, 3.8) is 0 Å². The molecule has 6 nitrogen and oxygen atoms in total. The van der Waals surface area contributed by atoms with Crippen molar-refractivity contribution in [3.05, 3.63) is 33.1 Å². The highest BCUT2D eigenvalue weighted by atomic mass is 16.5. The predicted octanol–water partition coefficient (Wildman–Crippen LogP) is -0.758. The molecule has 72 valence electrons. The number of hydrogen-bond acceptors (Lipinski definition) is 4. The summed E-state index contributed by atoms with van der Waals surface area (Å²) < 4.78 is 4.11. The maximum Gasteiger partial charge on any atom is 0.325 e. The normalized spacial score (nSPS) is 8.15. The van der Waals surface area contributed by atoms with Crippen LogP contribution in [0.3, 0.4) is 0 Å². The summed E-state index contributed by atoms with van der Waals surface area (Å²) in [4.78, 5) is 34.2. The molecule has 0 atom stereocenters. The van der Waals surface area contributed by atoms with Crippen LogP contribution < -0.4 is 11.2 Å². The summed E-state index contributed by atoms with van der Waals surface area (Å²) >= 11 is 0. The third-order valence-corrected chi connectivity index (χ3v) is 0.973. The number of carbonyl (C=O) groups excluding carboxylic acids is 1. The minimum Gasteiger partial charge on any atom is -0.469 e. The Morgan fingerprint density at radius 3 is 2.23 bits per heavy atom. The molecule has 0 saturated heterocycles. The highest BCUT2D eigenvalue weighted by Gasteiger charge is 1.78. The second kappa shape index (κ2) is 5.76. The number of hydrogen-bond donors (Lipinski definition) is 2. The molecule has 1 aromatic heterocycles. The largest absolute Gasteiger partial charge is 0.469 e. The van der Waals surface area contributed by atoms with Crippen LogP contribution in [0, 0.1) is 0 Å². The van der Waals surface area contributed by atoms with E-state index in [0.717, 1.165) is 0 Å². The molecule has 0 aromatic carbocycles. The summed E-state index contributed by atoms with van der Waals surface area (Å²) in [7, 11) is 1.35. The van der Waals surface area contributed by atoms with E-state index in [2.05, 4.69) is 9.72 Å². The van der Waals surface area contributed by atoms with Gasteiger partial charge in [0.1, 0.15) is 0 Å². The fourth-order valence-electron chi connectivity index (χ4n) is 0.383. The predicted molar refractivity (Wildman–Crippen MR) is 45.4 cm³/mol. The second-order valence-electron chi connectivity index (χ2n) is 1.99. The molecule has 1 heterocycles. The van der Waals surface area contributed by atoms with Crippen LogP contribution in [-0.2, 0) is 9.53 Å². The fraction of sp³-hybridized carbons (Fsp3) is 0.286. The van der Waals surface area contributed by atoms with Crippen molar-refractivity contribution >= 4 is 5.97 Å². The van der Waals surface area contributed by atoms with Crippen molar-refractivity contribution in [2.45, 2.75) is 6.92 Å². The van der Waals surface area contributed by atoms with Gasteiger partial charge < -0.3 is 9.72 Å². The van der Waals surface area contributed by atoms with E-state index in [4.69, 9.17) is 0 Å². The van der Waals surface area contributed by atoms with Gasteiger partial charge in [0.2, 0.25) is 0 Å². The van der Waals surface area contributed by atoms with E-state index in [-0.39, 0.29) is 11.5 Å². The standard InChI is InChI=1S/C4H4N2O2.C3H6O2/c7-3-1-2-5-4(8)6-3;1-3(4)5-2/h1-2H,(H2,5,6,7,8);1-2H3. The summed E-state index contributed by atoms with van der Waals surface area (Å²) in [6, 6.07) is 1.24. The molecule has 0 bridgehead atoms. The summed E-state index contributed by atoms with van der Waals surface area (Å²) in [5.74, 6) is -0.245. The van der Waals surface area contributed by atoms with Crippen LogP contribution in [-0.4, -0.2) is 23.0 Å². The lowest BCUT2D eigenvalue weighted by Gasteiger charge is -1.80. The SMILES string of the molecule is COC(C)=O.O=c1cc[nH]c(=O)[nH]1. The van der Waals surface area contributed by atoms with Gasteiger partial charge in [-0.05, 0) is 0 Å². The van der Waals surface area contributed by atoms with E-state index >= 15 is 0 Å². The number of nitrogens with one attached hydrogen (secondary N) is 2. The molecule has 0 aliphatic heterocycles. The minimum absolute atomic E-state index is 0.245. The highest BCUT2D eigenvalue weighted by molar-refractivity contribution is 5.65. The number of ether oxygens (including phenoxy) is 1. The first kappa shape index (κ1) is 11.2. The van der Waals surface area contributed by atoms with Crippen molar-refractivity contribution in [1.29, 1.82) is 0 Å². The van der Waals surface area contributed by atoms with Crippen LogP contribution in [0.5, 0.6) is 0 Å². The lowest BCUT2D eigenvalue weighted by atomic mass is 10.7. The van der Waals surface area contributed by atoms with E-state index in [0.29, 0.717) is 0 Å². The lowest BCUT2D eigenvalue weighted by Crippen LogP contribution is -2.19. The zero-order valence-electron chi connectivity index (χ0n) is 7.29. The first-order valence-corrected chi connectivity index (χ1v) is 3.39. The van der Waals surface area contributed by atoms with Crippen molar-refractivity contribution in [1.82, 2.24) is 9.97 Å². The molecule has 0 fully saturated rings. The van der Waals surface area contributed by atoms with Crippen LogP contribution in [0.4, 0.5) is 0 Å². The summed E-state index contributed by atoms with van der Waals surface area (Å²) in [5, 5.41) is 0. The van der Waals surface area contributed by atoms with Crippen molar-refractivity contribution in [3.8, 4) is 0 Å². The molecule has 0 unspecified atom stereocenters. The zero-order chi connectivity index (χ0) is 10.3. The van der Waals surface area contributed by atoms with Gasteiger partial charge in [-0.15, -0.1) is 0 Å². The molecule has 1 rings (SSSR count). The smallest absolute Gasteiger partial charge is 0.325 e. The van der Waals surface area contributed by atoms with Crippen LogP contribution in [0.1, 0.15) is 6.92 Å². The summed E-state index contributed by atoms with van der Waals surface area (Å²) in [6.45, 7) is 1.36. The van der Waals surface area contributed by atoms with Crippen molar-refractivity contribution in [2.75, 3.05) is 7.11 Å². The number of H-pyrrole nitrogens is 2. The van der Waals surface area contributed by atoms with E-state index in [9.17, 15) is 14.4 Å². The van der Waals surface area contributed by atoms with Gasteiger partial charge in [-0.3, -0.25) is 14.6 Å². The van der Waals surface area contributed by atoms with Gasteiger partial charge >= 0.3 is 11.7 Å². The van der Waals surface area contributed by atoms with E-state index in [1.165, 1.54) is 26.3 Å². The zero-order valence-corrected chi connectivity index (χ0v) is 7.29. The van der Waals surface area contributed by atoms with E-state index in [1.54, 1.807) is 0 Å². The Bertz CT molecular complexity index is 340. The number of aromatic nitrogens is 2. The average molecular weight is 186 g/mol. The van der Waals surface area contributed by atoms with Crippen molar-refractivity contribution in [2.24, 2.45) is 0 Å². The Labute approximate surface area is 73.6 Å². The first-order chi connectivity index (χ1) is 6.06. The van der Waals surface area contributed by atoms with Gasteiger partial charge in [-0.1, -0.05) is 0 Å². The van der Waals surface area contributed by atoms with Gasteiger partial charge in [0, 0.05) is 19.2 Å². The minimum atomic E-state index is -0.475. The van der Waals surface area contributed by atoms with E-state index in [1.807, 2.05) is 4.98 Å². The van der Waals surface area contributed by atoms with E-state index < -0.39 is 5.69 Å². The molecule has 2 N–H and O–H groups in total. The van der Waals surface area contributed by atoms with Gasteiger partial charge in [-0.2, -0.15) is 0 Å². The van der Waals surface area contributed by atoms with Crippen molar-refractivity contribution < 1.29 is 9.53 Å². The van der Waals surface area contributed by atoms with Crippen LogP contribution >= 0.6 is 0 Å². The number of carbonyl (C=O) groups is 1. The molecular weight excluding hydrogens is 176 g/mol. The fourth-order valence-corrected chi connectivity index (χ4v) is 0.383. The molecule has 0 aliphatic rings. The maximum absolute atomic E-state index is 10.2. The number of methoxy groups -OCH3 is 1. The molecule has 0 saturated carbocycles. The first-order valence-electron chi connectivity index (χ1n) is 3.39. The maximum atomic E-state index is 10.2. The van der Waals surface area contributed by atoms with Crippen LogP contribution in [0.2, 0.25) is 0 Å². The Morgan fingerprint density at radius 2 is 2.00 bits per heavy atom. The lowest BCUT2D eigenvalue weighted by molar-refractivity contribution is -0.137. The molecule has 13 heavy (non-hydrogen) atoms. The Balaban J connectivity index is 0.000000252. The molecule has 0 aliphatic carbocycles. The topological polar surface area (TPSA) is 92.0 Å². The van der Waals surface area contributed by atoms with Gasteiger partial charge in [0.15, 0.2) is 0 Å². The Morgan fingerprint density at radius 1 is 1.46 bits per heavy atom. The molecule has 6 heteroatoms. The molecular formula is C7H10N2O4. The summed E-state index contributed by atoms with van der Waals surface area (Å²) in [5.41, 5.74) is -0.855. The molecule has 0 amide bonds. The molecule has 0 spiro atoms. The third kappa shape index (κ3) is 6.54. The van der Waals surface area contributed by atoms with Gasteiger partial charge in [0.25, 0.3) is 5.56 Å². The van der Waals surface area contributed by atoms with Crippen LogP contribution in [0.25, 0.3) is 0 Å². The number of esters is 1. The van der Waals surface area contributed by atoms with Crippen LogP contribution in [0.15, 0.2) is 21.9 Å². The second-order valence-corrected chi connectivity index (χ2v) is 1.99. The van der Waals surface area contributed by atoms with Gasteiger partial charge in [-0.25, -0.2) is 4.79 Å². The monoisotopic (exact) mass is 186 g/mol. The average Bonchev–Trinajstić information content (AvgIpc) is 2.05. The quantitative estimate of drug-likeness (QED) is 0.521. The number of aromatic amines is 2. The van der Waals surface area contributed by atoms with Gasteiger partial charge in [0.05, 0.1) is 7.11 Å². The molecule has 0 radical (unpaired) electrons. The third-order valence-electron chi connectivity index (χ3n) is 0.973. The molecule has 1 aromatic rings. The number of rotatable bonds is 0. The Kier molecular flexibility index (Phi) is 4.94. The summed E-state index contributed by atoms with van der Waals surface area (Å²) in [6.07, 6.45) is 1.29.